The number of aliphatic hydroxyl groups is 2. The number of hydrogen-bond acceptors (Lipinski definition) is 6. The van der Waals surface area contributed by atoms with Crippen molar-refractivity contribution in [2.75, 3.05) is 6.61 Å². The van der Waals surface area contributed by atoms with Crippen LogP contribution in [0.3, 0.4) is 0 Å². The maximum Gasteiger partial charge on any atom is 0.470 e. The number of halogens is 1. The van der Waals surface area contributed by atoms with Gasteiger partial charge >= 0.3 is 7.82 Å². The number of alkyl halides is 1. The van der Waals surface area contributed by atoms with Gasteiger partial charge in [-0.25, -0.2) is 8.96 Å². The molecule has 0 aliphatic heterocycles. The number of carbonyl (C=O) groups is 2. The van der Waals surface area contributed by atoms with E-state index in [0.29, 0.717) is 24.8 Å². The molecule has 0 bridgehead atoms. The fourth-order valence-electron chi connectivity index (χ4n) is 6.94. The second-order valence-electron chi connectivity index (χ2n) is 9.85. The highest BCUT2D eigenvalue weighted by Crippen LogP contribution is 2.69. The van der Waals surface area contributed by atoms with Crippen LogP contribution in [0.25, 0.3) is 0 Å². The van der Waals surface area contributed by atoms with E-state index in [1.807, 2.05) is 0 Å². The van der Waals surface area contributed by atoms with Crippen LogP contribution >= 0.6 is 7.82 Å². The van der Waals surface area contributed by atoms with Crippen LogP contribution in [0.1, 0.15) is 46.0 Å². The van der Waals surface area contributed by atoms with Crippen LogP contribution in [0.2, 0.25) is 0 Å². The van der Waals surface area contributed by atoms with Crippen LogP contribution < -0.4 is 0 Å². The smallest absolute Gasteiger partial charge is 0.390 e. The lowest BCUT2D eigenvalue weighted by atomic mass is 9.44. The van der Waals surface area contributed by atoms with Gasteiger partial charge in [0.25, 0.3) is 0 Å². The van der Waals surface area contributed by atoms with Gasteiger partial charge in [0, 0.05) is 16.7 Å². The minimum atomic E-state index is -4.91. The Hall–Kier alpha value is -1.22. The van der Waals surface area contributed by atoms with Crippen molar-refractivity contribution in [1.82, 2.24) is 0 Å². The highest BCUT2D eigenvalue weighted by molar-refractivity contribution is 7.46. The summed E-state index contributed by atoms with van der Waals surface area (Å²) in [5.74, 6) is -2.19. The molecular formula is C21H28FO8P. The Morgan fingerprint density at radius 3 is 2.61 bits per heavy atom. The Morgan fingerprint density at radius 2 is 1.97 bits per heavy atom. The molecule has 10 heteroatoms. The third-order valence-electron chi connectivity index (χ3n) is 8.62. The van der Waals surface area contributed by atoms with Crippen molar-refractivity contribution < 1.29 is 43.1 Å². The molecule has 8 nitrogen and oxygen atoms in total. The van der Waals surface area contributed by atoms with Crippen LogP contribution in [0.15, 0.2) is 23.8 Å². The molecule has 3 saturated carbocycles. The van der Waals surface area contributed by atoms with E-state index in [2.05, 4.69) is 4.52 Å². The maximum atomic E-state index is 16.9. The van der Waals surface area contributed by atoms with Crippen molar-refractivity contribution >= 4 is 19.4 Å². The van der Waals surface area contributed by atoms with Gasteiger partial charge in [0.2, 0.25) is 0 Å². The molecule has 7 atom stereocenters. The predicted octanol–water partition coefficient (Wildman–Crippen LogP) is 1.77. The summed E-state index contributed by atoms with van der Waals surface area (Å²) in [6.45, 7) is 2.34. The van der Waals surface area contributed by atoms with Crippen molar-refractivity contribution in [1.29, 1.82) is 0 Å². The molecule has 4 rings (SSSR count). The minimum absolute atomic E-state index is 0.00937. The molecule has 0 amide bonds. The normalized spacial score (nSPS) is 46.7. The van der Waals surface area contributed by atoms with Crippen LogP contribution in [0, 0.1) is 22.7 Å². The summed E-state index contributed by atoms with van der Waals surface area (Å²) < 4.78 is 32.2. The van der Waals surface area contributed by atoms with Gasteiger partial charge in [0.05, 0.1) is 6.10 Å². The van der Waals surface area contributed by atoms with E-state index in [1.54, 1.807) is 13.8 Å². The van der Waals surface area contributed by atoms with E-state index in [1.165, 1.54) is 18.2 Å². The second-order valence-corrected chi connectivity index (χ2v) is 11.1. The third kappa shape index (κ3) is 3.01. The van der Waals surface area contributed by atoms with Gasteiger partial charge in [-0.1, -0.05) is 18.6 Å². The Labute approximate surface area is 179 Å². The third-order valence-corrected chi connectivity index (χ3v) is 9.08. The highest BCUT2D eigenvalue weighted by Gasteiger charge is 2.74. The zero-order chi connectivity index (χ0) is 23.0. The minimum Gasteiger partial charge on any atom is -0.390 e. The monoisotopic (exact) mass is 458 g/mol. The summed E-state index contributed by atoms with van der Waals surface area (Å²) in [4.78, 5) is 42.5. The number of phosphoric acid groups is 1. The van der Waals surface area contributed by atoms with Gasteiger partial charge in [-0.3, -0.25) is 14.1 Å². The molecule has 3 fully saturated rings. The van der Waals surface area contributed by atoms with Gasteiger partial charge in [0.1, 0.15) is 12.2 Å². The average Bonchev–Trinajstić information content (AvgIpc) is 2.93. The van der Waals surface area contributed by atoms with Gasteiger partial charge in [-0.15, -0.1) is 0 Å². The molecule has 0 aromatic heterocycles. The lowest BCUT2D eigenvalue weighted by molar-refractivity contribution is -0.217. The van der Waals surface area contributed by atoms with Gasteiger partial charge < -0.3 is 20.0 Å². The number of Topliss-reactive ketones (excluding diaryl/α,β-unsaturated/α-hetero) is 1. The van der Waals surface area contributed by atoms with Crippen molar-refractivity contribution in [2.24, 2.45) is 22.7 Å². The van der Waals surface area contributed by atoms with Gasteiger partial charge in [-0.05, 0) is 57.1 Å². The first-order chi connectivity index (χ1) is 14.2. The number of allylic oxidation sites excluding steroid dienone is 4. The molecule has 0 radical (unpaired) electrons. The molecular weight excluding hydrogens is 430 g/mol. The molecule has 0 heterocycles. The molecule has 0 aromatic rings. The van der Waals surface area contributed by atoms with E-state index in [0.717, 1.165) is 0 Å². The van der Waals surface area contributed by atoms with Crippen LogP contribution in [-0.4, -0.2) is 55.5 Å². The second kappa shape index (κ2) is 6.89. The Balaban J connectivity index is 1.70. The molecule has 172 valence electrons. The summed E-state index contributed by atoms with van der Waals surface area (Å²) >= 11 is 0. The average molecular weight is 458 g/mol. The largest absolute Gasteiger partial charge is 0.470 e. The van der Waals surface area contributed by atoms with E-state index in [9.17, 15) is 24.4 Å². The topological polar surface area (TPSA) is 141 Å². The molecule has 0 aromatic carbocycles. The zero-order valence-corrected chi connectivity index (χ0v) is 18.3. The summed E-state index contributed by atoms with van der Waals surface area (Å²) in [5.41, 5.74) is -5.78. The van der Waals surface area contributed by atoms with E-state index < -0.39 is 60.3 Å². The maximum absolute atomic E-state index is 16.9. The van der Waals surface area contributed by atoms with Crippen LogP contribution in [0.5, 0.6) is 0 Å². The van der Waals surface area contributed by atoms with Crippen LogP contribution in [-0.2, 0) is 18.7 Å². The molecule has 4 aliphatic rings. The Kier molecular flexibility index (Phi) is 5.10. The molecule has 0 saturated heterocycles. The Bertz CT molecular complexity index is 942. The SMILES string of the molecule is C[C@]12C=CC(=O)C=C1CC[C@@H]1[C@@H]3CC[C@](O)(C(=O)COP(=O)(O)O)[C@@]3(C)C[C@H](O)[C@]12F. The molecule has 4 N–H and O–H groups in total. The van der Waals surface area contributed by atoms with Crippen molar-refractivity contribution in [2.45, 2.75) is 63.3 Å². The summed E-state index contributed by atoms with van der Waals surface area (Å²) in [6.07, 6.45) is 3.73. The van der Waals surface area contributed by atoms with Crippen LogP contribution in [0.4, 0.5) is 4.39 Å². The fourth-order valence-corrected chi connectivity index (χ4v) is 7.22. The van der Waals surface area contributed by atoms with Gasteiger partial charge in [-0.2, -0.15) is 0 Å². The van der Waals surface area contributed by atoms with Gasteiger partial charge in [0.15, 0.2) is 17.2 Å². The first kappa shape index (κ1) is 23.0. The molecule has 31 heavy (non-hydrogen) atoms. The molecule has 0 unspecified atom stereocenters. The van der Waals surface area contributed by atoms with E-state index in [4.69, 9.17) is 9.79 Å². The lowest BCUT2D eigenvalue weighted by Crippen LogP contribution is -2.69. The van der Waals surface area contributed by atoms with Crippen molar-refractivity contribution in [3.63, 3.8) is 0 Å². The standard InChI is InChI=1S/C21H28FO8P/c1-18-7-5-13(23)9-12(18)3-4-15-14-6-8-20(26,17(25)11-30-31(27,28)29)19(14,2)10-16(24)21(15,18)22/h5,7,9,14-16,24,26H,3-4,6,8,10-11H2,1-2H3,(H2,27,28,29)/t14-,15+,16-,18-,19-,20-,21+/m0/s1. The van der Waals surface area contributed by atoms with E-state index >= 15 is 4.39 Å². The quantitative estimate of drug-likeness (QED) is 0.467. The number of carbonyl (C=O) groups excluding carboxylic acids is 2. The highest BCUT2D eigenvalue weighted by atomic mass is 31.2. The summed E-state index contributed by atoms with van der Waals surface area (Å²) in [6, 6.07) is 0. The summed E-state index contributed by atoms with van der Waals surface area (Å²) in [5, 5.41) is 22.5. The molecule has 0 spiro atoms. The Morgan fingerprint density at radius 1 is 1.29 bits per heavy atom. The lowest BCUT2D eigenvalue weighted by Gasteiger charge is -2.62. The first-order valence-electron chi connectivity index (χ1n) is 10.5. The van der Waals surface area contributed by atoms with Crippen molar-refractivity contribution in [3.8, 4) is 0 Å². The molecule has 4 aliphatic carbocycles. The number of rotatable bonds is 4. The summed E-state index contributed by atoms with van der Waals surface area (Å²) in [7, 11) is -4.91. The number of ketones is 2. The number of aliphatic hydroxyl groups excluding tert-OH is 1. The first-order valence-corrected chi connectivity index (χ1v) is 12.0. The predicted molar refractivity (Wildman–Crippen MR) is 106 cm³/mol. The van der Waals surface area contributed by atoms with Crippen molar-refractivity contribution in [3.05, 3.63) is 23.8 Å². The number of phosphoric ester groups is 1. The number of fused-ring (bicyclic) bond motifs is 5. The number of hydrogen-bond donors (Lipinski definition) is 4. The fraction of sp³-hybridized carbons (Fsp3) is 0.714. The zero-order valence-electron chi connectivity index (χ0n) is 17.5. The van der Waals surface area contributed by atoms with E-state index in [-0.39, 0.29) is 18.6 Å².